The van der Waals surface area contributed by atoms with Gasteiger partial charge in [0.15, 0.2) is 0 Å². The van der Waals surface area contributed by atoms with Gasteiger partial charge in [-0.2, -0.15) is 0 Å². The quantitative estimate of drug-likeness (QED) is 0.695. The van der Waals surface area contributed by atoms with Crippen LogP contribution in [0.15, 0.2) is 18.3 Å². The third-order valence-electron chi connectivity index (χ3n) is 4.34. The topological polar surface area (TPSA) is 24.9 Å². The number of hydrogen-bond donors (Lipinski definition) is 1. The zero-order valence-corrected chi connectivity index (χ0v) is 9.29. The zero-order valence-electron chi connectivity index (χ0n) is 9.29. The van der Waals surface area contributed by atoms with Crippen molar-refractivity contribution in [3.8, 4) is 0 Å². The highest BCUT2D eigenvalue weighted by Gasteiger charge is 2.44. The number of aryl methyl sites for hydroxylation is 1. The van der Waals surface area contributed by atoms with Crippen molar-refractivity contribution in [3.05, 3.63) is 29.6 Å². The van der Waals surface area contributed by atoms with Crippen molar-refractivity contribution in [2.45, 2.75) is 31.6 Å². The van der Waals surface area contributed by atoms with E-state index in [-0.39, 0.29) is 0 Å². The first-order valence-corrected chi connectivity index (χ1v) is 5.98. The Kier molecular flexibility index (Phi) is 2.06. The summed E-state index contributed by atoms with van der Waals surface area (Å²) in [5.41, 5.74) is 3.21. The fourth-order valence-electron chi connectivity index (χ4n) is 3.30. The number of nitrogens with zero attached hydrogens (tertiary/aromatic N) is 1. The SMILES string of the molecule is CC1CCc2cccnc2C12CCNC2. The Balaban J connectivity index is 2.13. The lowest BCUT2D eigenvalue weighted by Crippen LogP contribution is -2.40. The van der Waals surface area contributed by atoms with Crippen LogP contribution in [-0.4, -0.2) is 18.1 Å². The Hall–Kier alpha value is -0.890. The number of rotatable bonds is 0. The molecule has 2 unspecified atom stereocenters. The highest BCUT2D eigenvalue weighted by atomic mass is 14.9. The van der Waals surface area contributed by atoms with Gasteiger partial charge in [0.05, 0.1) is 5.69 Å². The molecule has 0 aromatic carbocycles. The lowest BCUT2D eigenvalue weighted by molar-refractivity contribution is 0.267. The first-order valence-electron chi connectivity index (χ1n) is 5.98. The van der Waals surface area contributed by atoms with E-state index in [0.29, 0.717) is 5.41 Å². The summed E-state index contributed by atoms with van der Waals surface area (Å²) in [6, 6.07) is 4.33. The predicted octanol–water partition coefficient (Wildman–Crippen LogP) is 1.90. The largest absolute Gasteiger partial charge is 0.316 e. The van der Waals surface area contributed by atoms with Gasteiger partial charge in [0, 0.05) is 18.2 Å². The molecule has 1 saturated heterocycles. The van der Waals surface area contributed by atoms with E-state index in [4.69, 9.17) is 0 Å². The van der Waals surface area contributed by atoms with Crippen molar-refractivity contribution < 1.29 is 0 Å². The second-order valence-electron chi connectivity index (χ2n) is 5.03. The van der Waals surface area contributed by atoms with Gasteiger partial charge in [-0.15, -0.1) is 0 Å². The Morgan fingerprint density at radius 3 is 3.27 bits per heavy atom. The lowest BCUT2D eigenvalue weighted by Gasteiger charge is -2.39. The molecule has 0 amide bonds. The molecule has 0 radical (unpaired) electrons. The highest BCUT2D eigenvalue weighted by molar-refractivity contribution is 5.33. The maximum atomic E-state index is 4.66. The summed E-state index contributed by atoms with van der Waals surface area (Å²) in [5.74, 6) is 0.773. The van der Waals surface area contributed by atoms with Gasteiger partial charge in [-0.3, -0.25) is 4.98 Å². The molecule has 1 spiro atoms. The second-order valence-corrected chi connectivity index (χ2v) is 5.03. The van der Waals surface area contributed by atoms with Gasteiger partial charge in [-0.1, -0.05) is 13.0 Å². The van der Waals surface area contributed by atoms with Crippen LogP contribution in [0.5, 0.6) is 0 Å². The summed E-state index contributed by atoms with van der Waals surface area (Å²) >= 11 is 0. The molecule has 2 heteroatoms. The molecule has 0 bridgehead atoms. The van der Waals surface area contributed by atoms with Crippen molar-refractivity contribution in [3.63, 3.8) is 0 Å². The molecule has 1 aliphatic carbocycles. The minimum Gasteiger partial charge on any atom is -0.316 e. The van der Waals surface area contributed by atoms with Crippen molar-refractivity contribution in [2.75, 3.05) is 13.1 Å². The zero-order chi connectivity index (χ0) is 10.3. The molecular formula is C13H18N2. The van der Waals surface area contributed by atoms with E-state index < -0.39 is 0 Å². The van der Waals surface area contributed by atoms with Gasteiger partial charge in [0.25, 0.3) is 0 Å². The first kappa shape index (κ1) is 9.34. The van der Waals surface area contributed by atoms with E-state index in [1.54, 1.807) is 0 Å². The van der Waals surface area contributed by atoms with Crippen LogP contribution in [0.2, 0.25) is 0 Å². The molecule has 15 heavy (non-hydrogen) atoms. The van der Waals surface area contributed by atoms with Crippen LogP contribution >= 0.6 is 0 Å². The Labute approximate surface area is 91.1 Å². The van der Waals surface area contributed by atoms with Crippen LogP contribution in [0, 0.1) is 5.92 Å². The summed E-state index contributed by atoms with van der Waals surface area (Å²) in [5, 5.41) is 3.51. The van der Waals surface area contributed by atoms with Gasteiger partial charge in [-0.25, -0.2) is 0 Å². The first-order chi connectivity index (χ1) is 7.33. The average molecular weight is 202 g/mol. The molecule has 2 atom stereocenters. The maximum absolute atomic E-state index is 4.66. The molecule has 3 rings (SSSR count). The molecule has 2 aliphatic rings. The van der Waals surface area contributed by atoms with Gasteiger partial charge in [0.2, 0.25) is 0 Å². The third kappa shape index (κ3) is 1.24. The number of nitrogens with one attached hydrogen (secondary N) is 1. The number of fused-ring (bicyclic) bond motifs is 2. The fourth-order valence-corrected chi connectivity index (χ4v) is 3.30. The predicted molar refractivity (Wildman–Crippen MR) is 60.9 cm³/mol. The van der Waals surface area contributed by atoms with Crippen LogP contribution in [0.4, 0.5) is 0 Å². The molecule has 2 heterocycles. The van der Waals surface area contributed by atoms with E-state index in [2.05, 4.69) is 29.4 Å². The third-order valence-corrected chi connectivity index (χ3v) is 4.34. The van der Waals surface area contributed by atoms with E-state index in [1.807, 2.05) is 6.20 Å². The van der Waals surface area contributed by atoms with Crippen molar-refractivity contribution in [1.82, 2.24) is 10.3 Å². The number of aromatic nitrogens is 1. The summed E-state index contributed by atoms with van der Waals surface area (Å²) in [6.45, 7) is 4.67. The smallest absolute Gasteiger partial charge is 0.0513 e. The monoisotopic (exact) mass is 202 g/mol. The van der Waals surface area contributed by atoms with Crippen LogP contribution in [-0.2, 0) is 11.8 Å². The molecule has 2 nitrogen and oxygen atoms in total. The molecule has 1 aliphatic heterocycles. The molecule has 1 N–H and O–H groups in total. The molecule has 80 valence electrons. The van der Waals surface area contributed by atoms with Gasteiger partial charge >= 0.3 is 0 Å². The van der Waals surface area contributed by atoms with Gasteiger partial charge in [0.1, 0.15) is 0 Å². The summed E-state index contributed by atoms with van der Waals surface area (Å²) in [6.07, 6.45) is 5.75. The lowest BCUT2D eigenvalue weighted by atomic mass is 9.65. The van der Waals surface area contributed by atoms with E-state index in [0.717, 1.165) is 19.0 Å². The van der Waals surface area contributed by atoms with E-state index in [1.165, 1.54) is 30.5 Å². The van der Waals surface area contributed by atoms with Crippen LogP contribution in [0.25, 0.3) is 0 Å². The van der Waals surface area contributed by atoms with Crippen molar-refractivity contribution >= 4 is 0 Å². The minimum atomic E-state index is 0.342. The second kappa shape index (κ2) is 3.31. The standard InChI is InChI=1S/C13H18N2/c1-10-4-5-11-3-2-7-15-12(11)13(10)6-8-14-9-13/h2-3,7,10,14H,4-6,8-9H2,1H3. The highest BCUT2D eigenvalue weighted by Crippen LogP contribution is 2.44. The normalized spacial score (nSPS) is 34.3. The van der Waals surface area contributed by atoms with Crippen molar-refractivity contribution in [1.29, 1.82) is 0 Å². The Morgan fingerprint density at radius 1 is 1.53 bits per heavy atom. The summed E-state index contributed by atoms with van der Waals surface area (Å²) in [7, 11) is 0. The van der Waals surface area contributed by atoms with Crippen LogP contribution in [0.3, 0.4) is 0 Å². The summed E-state index contributed by atoms with van der Waals surface area (Å²) in [4.78, 5) is 4.66. The number of pyridine rings is 1. The maximum Gasteiger partial charge on any atom is 0.0513 e. The number of hydrogen-bond acceptors (Lipinski definition) is 2. The van der Waals surface area contributed by atoms with Gasteiger partial charge < -0.3 is 5.32 Å². The summed E-state index contributed by atoms with van der Waals surface area (Å²) < 4.78 is 0. The molecule has 1 aromatic heterocycles. The fraction of sp³-hybridized carbons (Fsp3) is 0.615. The van der Waals surface area contributed by atoms with Crippen LogP contribution in [0.1, 0.15) is 31.0 Å². The van der Waals surface area contributed by atoms with Gasteiger partial charge in [-0.05, 0) is 43.4 Å². The van der Waals surface area contributed by atoms with Crippen LogP contribution < -0.4 is 5.32 Å². The van der Waals surface area contributed by atoms with E-state index >= 15 is 0 Å². The molecule has 1 aromatic rings. The Bertz CT molecular complexity index is 367. The average Bonchev–Trinajstić information content (AvgIpc) is 2.75. The van der Waals surface area contributed by atoms with Crippen molar-refractivity contribution in [2.24, 2.45) is 5.92 Å². The minimum absolute atomic E-state index is 0.342. The van der Waals surface area contributed by atoms with E-state index in [9.17, 15) is 0 Å². The molecular weight excluding hydrogens is 184 g/mol. The Morgan fingerprint density at radius 2 is 2.47 bits per heavy atom. The molecule has 0 saturated carbocycles. The molecule has 1 fully saturated rings.